The summed E-state index contributed by atoms with van der Waals surface area (Å²) in [5.41, 5.74) is 1.28. The van der Waals surface area contributed by atoms with E-state index in [-0.39, 0.29) is 0 Å². The topological polar surface area (TPSA) is 39.7 Å². The SMILES string of the molecule is CN=C(NCCCCN(C)c1ccccc1)NCCSC. The van der Waals surface area contributed by atoms with Crippen LogP contribution in [0.2, 0.25) is 0 Å². The number of unbranched alkanes of at least 4 members (excludes halogenated alkanes) is 1. The minimum absolute atomic E-state index is 0.903. The Morgan fingerprint density at radius 2 is 1.86 bits per heavy atom. The zero-order valence-electron chi connectivity index (χ0n) is 13.4. The maximum Gasteiger partial charge on any atom is 0.191 e. The molecule has 0 saturated heterocycles. The van der Waals surface area contributed by atoms with Gasteiger partial charge in [-0.3, -0.25) is 4.99 Å². The summed E-state index contributed by atoms with van der Waals surface area (Å²) in [7, 11) is 3.96. The van der Waals surface area contributed by atoms with Crippen LogP contribution in [-0.2, 0) is 0 Å². The molecule has 0 spiro atoms. The molecule has 21 heavy (non-hydrogen) atoms. The van der Waals surface area contributed by atoms with Gasteiger partial charge in [0.2, 0.25) is 0 Å². The van der Waals surface area contributed by atoms with Gasteiger partial charge in [-0.1, -0.05) is 18.2 Å². The van der Waals surface area contributed by atoms with E-state index in [4.69, 9.17) is 0 Å². The number of nitrogens with one attached hydrogen (secondary N) is 2. The molecule has 0 radical (unpaired) electrons. The normalized spacial score (nSPS) is 11.3. The number of para-hydroxylation sites is 1. The molecule has 0 aromatic heterocycles. The summed E-state index contributed by atoms with van der Waals surface area (Å²) in [4.78, 5) is 6.51. The summed E-state index contributed by atoms with van der Waals surface area (Å²) < 4.78 is 0. The number of rotatable bonds is 9. The van der Waals surface area contributed by atoms with Crippen molar-refractivity contribution in [2.45, 2.75) is 12.8 Å². The predicted molar refractivity (Wildman–Crippen MR) is 96.7 cm³/mol. The average molecular weight is 308 g/mol. The summed E-state index contributed by atoms with van der Waals surface area (Å²) in [6.07, 6.45) is 4.42. The Bertz CT molecular complexity index is 395. The highest BCUT2D eigenvalue weighted by atomic mass is 32.2. The van der Waals surface area contributed by atoms with Crippen molar-refractivity contribution in [3.05, 3.63) is 30.3 Å². The molecule has 0 amide bonds. The van der Waals surface area contributed by atoms with Crippen LogP contribution in [0.25, 0.3) is 0 Å². The third-order valence-corrected chi connectivity index (χ3v) is 3.84. The van der Waals surface area contributed by atoms with Gasteiger partial charge >= 0.3 is 0 Å². The van der Waals surface area contributed by atoms with E-state index in [9.17, 15) is 0 Å². The van der Waals surface area contributed by atoms with E-state index in [0.29, 0.717) is 0 Å². The van der Waals surface area contributed by atoms with Gasteiger partial charge in [0.1, 0.15) is 0 Å². The maximum absolute atomic E-state index is 4.21. The van der Waals surface area contributed by atoms with Crippen LogP contribution >= 0.6 is 11.8 Å². The van der Waals surface area contributed by atoms with Crippen LogP contribution in [0, 0.1) is 0 Å². The van der Waals surface area contributed by atoms with Gasteiger partial charge in [-0.2, -0.15) is 11.8 Å². The van der Waals surface area contributed by atoms with Crippen LogP contribution in [0.1, 0.15) is 12.8 Å². The molecule has 1 aromatic carbocycles. The second-order valence-electron chi connectivity index (χ2n) is 4.88. The molecule has 0 aliphatic rings. The molecule has 5 heteroatoms. The molecular formula is C16H28N4S. The van der Waals surface area contributed by atoms with Gasteiger partial charge in [-0.05, 0) is 31.2 Å². The standard InChI is InChI=1S/C16H28N4S/c1-17-16(19-12-14-21-3)18-11-7-8-13-20(2)15-9-5-4-6-10-15/h4-6,9-10H,7-8,11-14H2,1-3H3,(H2,17,18,19). The lowest BCUT2D eigenvalue weighted by molar-refractivity contribution is 0.689. The number of hydrogen-bond acceptors (Lipinski definition) is 3. The fourth-order valence-corrected chi connectivity index (χ4v) is 2.29. The first-order chi connectivity index (χ1) is 10.3. The van der Waals surface area contributed by atoms with E-state index in [0.717, 1.165) is 37.8 Å². The van der Waals surface area contributed by atoms with Crippen molar-refractivity contribution in [1.82, 2.24) is 10.6 Å². The number of hydrogen-bond donors (Lipinski definition) is 2. The molecule has 0 atom stereocenters. The largest absolute Gasteiger partial charge is 0.375 e. The van der Waals surface area contributed by atoms with Gasteiger partial charge in [-0.25, -0.2) is 0 Å². The van der Waals surface area contributed by atoms with Gasteiger partial charge in [0.05, 0.1) is 0 Å². The van der Waals surface area contributed by atoms with E-state index >= 15 is 0 Å². The Morgan fingerprint density at radius 1 is 1.14 bits per heavy atom. The zero-order valence-corrected chi connectivity index (χ0v) is 14.2. The number of guanidine groups is 1. The highest BCUT2D eigenvalue weighted by Gasteiger charge is 2.00. The van der Waals surface area contributed by atoms with E-state index in [1.165, 1.54) is 12.1 Å². The molecular weight excluding hydrogens is 280 g/mol. The third-order valence-electron chi connectivity index (χ3n) is 3.23. The molecule has 0 saturated carbocycles. The van der Waals surface area contributed by atoms with Gasteiger partial charge in [0, 0.05) is 45.2 Å². The minimum Gasteiger partial charge on any atom is -0.375 e. The molecule has 0 heterocycles. The third kappa shape index (κ3) is 7.85. The summed E-state index contributed by atoms with van der Waals surface area (Å²) in [5, 5.41) is 6.66. The number of anilines is 1. The van der Waals surface area contributed by atoms with Crippen molar-refractivity contribution in [1.29, 1.82) is 0 Å². The van der Waals surface area contributed by atoms with E-state index in [1.54, 1.807) is 0 Å². The summed E-state index contributed by atoms with van der Waals surface area (Å²) in [6, 6.07) is 10.5. The molecule has 0 unspecified atom stereocenters. The Balaban J connectivity index is 2.11. The molecule has 4 nitrogen and oxygen atoms in total. The zero-order chi connectivity index (χ0) is 15.3. The van der Waals surface area contributed by atoms with Crippen molar-refractivity contribution in [3.63, 3.8) is 0 Å². The second kappa shape index (κ2) is 11.3. The Labute approximate surface area is 133 Å². The summed E-state index contributed by atoms with van der Waals surface area (Å²) >= 11 is 1.84. The lowest BCUT2D eigenvalue weighted by atomic mass is 10.2. The monoisotopic (exact) mass is 308 g/mol. The molecule has 0 fully saturated rings. The summed E-state index contributed by atoms with van der Waals surface area (Å²) in [6.45, 7) is 2.99. The van der Waals surface area contributed by atoms with Gasteiger partial charge in [0.15, 0.2) is 5.96 Å². The number of nitrogens with zero attached hydrogens (tertiary/aromatic N) is 2. The highest BCUT2D eigenvalue weighted by molar-refractivity contribution is 7.98. The van der Waals surface area contributed by atoms with Crippen molar-refractivity contribution < 1.29 is 0 Å². The lowest BCUT2D eigenvalue weighted by Crippen LogP contribution is -2.38. The van der Waals surface area contributed by atoms with E-state index < -0.39 is 0 Å². The first-order valence-electron chi connectivity index (χ1n) is 7.47. The van der Waals surface area contributed by atoms with Gasteiger partial charge in [0.25, 0.3) is 0 Å². The van der Waals surface area contributed by atoms with E-state index in [1.807, 2.05) is 18.8 Å². The molecule has 0 bridgehead atoms. The number of thioether (sulfide) groups is 1. The fourth-order valence-electron chi connectivity index (χ4n) is 1.98. The Hall–Kier alpha value is -1.36. The first-order valence-corrected chi connectivity index (χ1v) is 8.87. The van der Waals surface area contributed by atoms with Crippen LogP contribution in [-0.4, -0.2) is 51.7 Å². The van der Waals surface area contributed by atoms with E-state index in [2.05, 4.69) is 64.2 Å². The van der Waals surface area contributed by atoms with Crippen molar-refractivity contribution in [2.24, 2.45) is 4.99 Å². The van der Waals surface area contributed by atoms with Crippen LogP contribution in [0.5, 0.6) is 0 Å². The maximum atomic E-state index is 4.21. The quantitative estimate of drug-likeness (QED) is 0.417. The fraction of sp³-hybridized carbons (Fsp3) is 0.562. The highest BCUT2D eigenvalue weighted by Crippen LogP contribution is 2.11. The second-order valence-corrected chi connectivity index (χ2v) is 5.87. The predicted octanol–water partition coefficient (Wildman–Crippen LogP) is 2.43. The first kappa shape index (κ1) is 17.7. The number of benzene rings is 1. The van der Waals surface area contributed by atoms with Crippen LogP contribution < -0.4 is 15.5 Å². The van der Waals surface area contributed by atoms with Crippen LogP contribution in [0.3, 0.4) is 0 Å². The van der Waals surface area contributed by atoms with Gasteiger partial charge < -0.3 is 15.5 Å². The average Bonchev–Trinajstić information content (AvgIpc) is 2.53. The molecule has 1 aromatic rings. The van der Waals surface area contributed by atoms with Crippen molar-refractivity contribution >= 4 is 23.4 Å². The van der Waals surface area contributed by atoms with Gasteiger partial charge in [-0.15, -0.1) is 0 Å². The lowest BCUT2D eigenvalue weighted by Gasteiger charge is -2.19. The van der Waals surface area contributed by atoms with Crippen LogP contribution in [0.4, 0.5) is 5.69 Å². The van der Waals surface area contributed by atoms with Crippen molar-refractivity contribution in [2.75, 3.05) is 50.6 Å². The Morgan fingerprint density at radius 3 is 2.52 bits per heavy atom. The molecule has 0 aliphatic carbocycles. The van der Waals surface area contributed by atoms with Crippen LogP contribution in [0.15, 0.2) is 35.3 Å². The minimum atomic E-state index is 0.903. The number of aliphatic imine (C=N–C) groups is 1. The molecule has 0 aliphatic heterocycles. The van der Waals surface area contributed by atoms with Crippen molar-refractivity contribution in [3.8, 4) is 0 Å². The smallest absolute Gasteiger partial charge is 0.191 e. The Kier molecular flexibility index (Phi) is 9.53. The molecule has 118 valence electrons. The molecule has 2 N–H and O–H groups in total. The summed E-state index contributed by atoms with van der Waals surface area (Å²) in [5.74, 6) is 2.00. The molecule has 1 rings (SSSR count).